The fourth-order valence-electron chi connectivity index (χ4n) is 1.86. The van der Waals surface area contributed by atoms with Gasteiger partial charge < -0.3 is 14.7 Å². The number of nitrogens with zero attached hydrogens (tertiary/aromatic N) is 2. The molecule has 1 amide bonds. The van der Waals surface area contributed by atoms with Crippen LogP contribution in [0.25, 0.3) is 0 Å². The van der Waals surface area contributed by atoms with Crippen molar-refractivity contribution in [2.45, 2.75) is 13.0 Å². The summed E-state index contributed by atoms with van der Waals surface area (Å²) in [5.41, 5.74) is 1.69. The van der Waals surface area contributed by atoms with Crippen molar-refractivity contribution in [2.24, 2.45) is 0 Å². The van der Waals surface area contributed by atoms with Crippen LogP contribution in [-0.2, 0) is 0 Å². The number of thiophene rings is 1. The molecule has 0 aromatic carbocycles. The molecular weight excluding hydrogens is 262 g/mol. The maximum atomic E-state index is 12.0. The molecular formula is C13H17N3O2S. The molecule has 2 aromatic rings. The van der Waals surface area contributed by atoms with Crippen LogP contribution in [-0.4, -0.2) is 36.6 Å². The zero-order valence-corrected chi connectivity index (χ0v) is 12.0. The van der Waals surface area contributed by atoms with Crippen LogP contribution >= 0.6 is 11.3 Å². The molecule has 102 valence electrons. The molecule has 0 saturated carbocycles. The van der Waals surface area contributed by atoms with Gasteiger partial charge in [-0.25, -0.2) is 0 Å². The van der Waals surface area contributed by atoms with Crippen LogP contribution in [0.2, 0.25) is 0 Å². The third-order valence-corrected chi connectivity index (χ3v) is 3.70. The van der Waals surface area contributed by atoms with Gasteiger partial charge >= 0.3 is 0 Å². The fraction of sp³-hybridized carbons (Fsp3) is 0.385. The molecule has 0 aliphatic carbocycles. The van der Waals surface area contributed by atoms with Gasteiger partial charge in [-0.2, -0.15) is 11.3 Å². The summed E-state index contributed by atoms with van der Waals surface area (Å²) in [6.45, 7) is 2.28. The Morgan fingerprint density at radius 1 is 1.58 bits per heavy atom. The quantitative estimate of drug-likeness (QED) is 0.910. The summed E-state index contributed by atoms with van der Waals surface area (Å²) < 4.78 is 4.89. The van der Waals surface area contributed by atoms with E-state index in [1.807, 2.05) is 19.5 Å². The van der Waals surface area contributed by atoms with E-state index >= 15 is 0 Å². The van der Waals surface area contributed by atoms with Gasteiger partial charge in [0.1, 0.15) is 11.3 Å². The zero-order valence-electron chi connectivity index (χ0n) is 11.2. The predicted molar refractivity (Wildman–Crippen MR) is 74.3 cm³/mol. The highest BCUT2D eigenvalue weighted by atomic mass is 32.1. The molecule has 1 unspecified atom stereocenters. The average Bonchev–Trinajstić information content (AvgIpc) is 3.00. The van der Waals surface area contributed by atoms with Crippen molar-refractivity contribution in [1.82, 2.24) is 15.4 Å². The summed E-state index contributed by atoms with van der Waals surface area (Å²) in [5.74, 6) is 0.385. The summed E-state index contributed by atoms with van der Waals surface area (Å²) >= 11 is 1.66. The molecule has 0 radical (unpaired) electrons. The van der Waals surface area contributed by atoms with Crippen LogP contribution in [0.3, 0.4) is 0 Å². The smallest absolute Gasteiger partial charge is 0.256 e. The molecule has 1 N–H and O–H groups in total. The number of hydrogen-bond acceptors (Lipinski definition) is 5. The summed E-state index contributed by atoms with van der Waals surface area (Å²) in [7, 11) is 4.00. The molecule has 2 aromatic heterocycles. The topological polar surface area (TPSA) is 58.4 Å². The van der Waals surface area contributed by atoms with Gasteiger partial charge in [-0.05, 0) is 43.4 Å². The van der Waals surface area contributed by atoms with Crippen molar-refractivity contribution in [3.63, 3.8) is 0 Å². The molecule has 2 heterocycles. The summed E-state index contributed by atoms with van der Waals surface area (Å²) in [6, 6.07) is 2.24. The maximum Gasteiger partial charge on any atom is 0.256 e. The van der Waals surface area contributed by atoms with Crippen LogP contribution in [0.4, 0.5) is 0 Å². The molecule has 5 nitrogen and oxygen atoms in total. The maximum absolute atomic E-state index is 12.0. The standard InChI is InChI=1S/C13H17N3O2S/c1-9-11(6-15-18-9)13(17)14-7-12(16(2)3)10-4-5-19-8-10/h4-6,8,12H,7H2,1-3H3,(H,14,17). The van der Waals surface area contributed by atoms with Crippen molar-refractivity contribution in [2.75, 3.05) is 20.6 Å². The van der Waals surface area contributed by atoms with Crippen molar-refractivity contribution in [3.05, 3.63) is 39.9 Å². The van der Waals surface area contributed by atoms with E-state index in [9.17, 15) is 4.79 Å². The first-order valence-corrected chi connectivity index (χ1v) is 6.92. The second-order valence-corrected chi connectivity index (χ2v) is 5.32. The van der Waals surface area contributed by atoms with Gasteiger partial charge in [0, 0.05) is 6.54 Å². The number of carbonyl (C=O) groups is 1. The number of hydrogen-bond donors (Lipinski definition) is 1. The van der Waals surface area contributed by atoms with Crippen molar-refractivity contribution in [1.29, 1.82) is 0 Å². The van der Waals surface area contributed by atoms with Crippen LogP contribution in [0, 0.1) is 6.92 Å². The third kappa shape index (κ3) is 3.21. The van der Waals surface area contributed by atoms with E-state index in [-0.39, 0.29) is 11.9 Å². The van der Waals surface area contributed by atoms with Crippen LogP contribution in [0.5, 0.6) is 0 Å². The highest BCUT2D eigenvalue weighted by molar-refractivity contribution is 7.07. The lowest BCUT2D eigenvalue weighted by Crippen LogP contribution is -2.34. The third-order valence-electron chi connectivity index (χ3n) is 3.00. The lowest BCUT2D eigenvalue weighted by molar-refractivity contribution is 0.0940. The van der Waals surface area contributed by atoms with Gasteiger partial charge in [0.15, 0.2) is 0 Å². The van der Waals surface area contributed by atoms with E-state index < -0.39 is 0 Å². The Morgan fingerprint density at radius 3 is 2.89 bits per heavy atom. The minimum Gasteiger partial charge on any atom is -0.361 e. The molecule has 0 spiro atoms. The van der Waals surface area contributed by atoms with E-state index in [1.165, 1.54) is 11.8 Å². The minimum atomic E-state index is -0.152. The van der Waals surface area contributed by atoms with Crippen molar-refractivity contribution < 1.29 is 9.32 Å². The molecule has 6 heteroatoms. The SMILES string of the molecule is Cc1oncc1C(=O)NCC(c1ccsc1)N(C)C. The van der Waals surface area contributed by atoms with Crippen LogP contribution in [0.15, 0.2) is 27.5 Å². The Bertz CT molecular complexity index is 534. The summed E-state index contributed by atoms with van der Waals surface area (Å²) in [6.07, 6.45) is 1.44. The van der Waals surface area contributed by atoms with E-state index in [0.717, 1.165) is 0 Å². The van der Waals surface area contributed by atoms with Crippen molar-refractivity contribution in [3.8, 4) is 0 Å². The van der Waals surface area contributed by atoms with E-state index in [0.29, 0.717) is 17.9 Å². The second kappa shape index (κ2) is 5.99. The molecule has 0 aliphatic rings. The Hall–Kier alpha value is -1.66. The highest BCUT2D eigenvalue weighted by Gasteiger charge is 2.18. The highest BCUT2D eigenvalue weighted by Crippen LogP contribution is 2.20. The lowest BCUT2D eigenvalue weighted by Gasteiger charge is -2.23. The van der Waals surface area contributed by atoms with Crippen LogP contribution < -0.4 is 5.32 Å². The number of rotatable bonds is 5. The minimum absolute atomic E-state index is 0.152. The molecule has 0 aliphatic heterocycles. The van der Waals surface area contributed by atoms with E-state index in [1.54, 1.807) is 18.3 Å². The molecule has 0 bridgehead atoms. The molecule has 0 saturated heterocycles. The van der Waals surface area contributed by atoms with E-state index in [2.05, 4.69) is 26.8 Å². The number of carbonyl (C=O) groups excluding carboxylic acids is 1. The summed E-state index contributed by atoms with van der Waals surface area (Å²) in [5, 5.41) is 10.7. The first-order chi connectivity index (χ1) is 9.09. The van der Waals surface area contributed by atoms with Gasteiger partial charge in [-0.15, -0.1) is 0 Å². The Balaban J connectivity index is 2.00. The Labute approximate surface area is 116 Å². The molecule has 19 heavy (non-hydrogen) atoms. The largest absolute Gasteiger partial charge is 0.361 e. The summed E-state index contributed by atoms with van der Waals surface area (Å²) in [4.78, 5) is 14.1. The van der Waals surface area contributed by atoms with E-state index in [4.69, 9.17) is 4.52 Å². The average molecular weight is 279 g/mol. The normalized spacial score (nSPS) is 12.6. The first kappa shape index (κ1) is 13.8. The fourth-order valence-corrected chi connectivity index (χ4v) is 2.57. The lowest BCUT2D eigenvalue weighted by atomic mass is 10.1. The van der Waals surface area contributed by atoms with Gasteiger partial charge in [0.05, 0.1) is 12.2 Å². The number of amides is 1. The van der Waals surface area contributed by atoms with Gasteiger partial charge in [-0.1, -0.05) is 5.16 Å². The number of likely N-dealkylation sites (N-methyl/N-ethyl adjacent to an activating group) is 1. The Kier molecular flexibility index (Phi) is 4.34. The molecule has 1 atom stereocenters. The van der Waals surface area contributed by atoms with Gasteiger partial charge in [0.25, 0.3) is 5.91 Å². The number of aromatic nitrogens is 1. The van der Waals surface area contributed by atoms with Gasteiger partial charge in [-0.3, -0.25) is 4.79 Å². The molecule has 0 fully saturated rings. The monoisotopic (exact) mass is 279 g/mol. The van der Waals surface area contributed by atoms with Gasteiger partial charge in [0.2, 0.25) is 0 Å². The number of nitrogens with one attached hydrogen (secondary N) is 1. The predicted octanol–water partition coefficient (Wildman–Crippen LogP) is 2.08. The zero-order chi connectivity index (χ0) is 13.8. The van der Waals surface area contributed by atoms with Crippen LogP contribution in [0.1, 0.15) is 27.7 Å². The number of aryl methyl sites for hydroxylation is 1. The molecule has 2 rings (SSSR count). The first-order valence-electron chi connectivity index (χ1n) is 5.97. The second-order valence-electron chi connectivity index (χ2n) is 4.54. The van der Waals surface area contributed by atoms with Crippen molar-refractivity contribution >= 4 is 17.2 Å². The Morgan fingerprint density at radius 2 is 2.37 bits per heavy atom.